The molecule has 0 unspecified atom stereocenters. The first-order valence-electron chi connectivity index (χ1n) is 10.5. The second-order valence-corrected chi connectivity index (χ2v) is 8.46. The summed E-state index contributed by atoms with van der Waals surface area (Å²) >= 11 is 1.29. The second kappa shape index (κ2) is 9.69. The maximum absolute atomic E-state index is 13.4. The zero-order valence-corrected chi connectivity index (χ0v) is 18.3. The number of aromatic nitrogens is 2. The van der Waals surface area contributed by atoms with Crippen LogP contribution in [0.25, 0.3) is 0 Å². The van der Waals surface area contributed by atoms with Crippen LogP contribution in [0.5, 0.6) is 0 Å². The van der Waals surface area contributed by atoms with Gasteiger partial charge in [0.15, 0.2) is 0 Å². The second-order valence-electron chi connectivity index (χ2n) is 7.86. The van der Waals surface area contributed by atoms with Gasteiger partial charge in [-0.2, -0.15) is 0 Å². The van der Waals surface area contributed by atoms with E-state index in [1.165, 1.54) is 23.7 Å². The molecule has 2 atom stereocenters. The van der Waals surface area contributed by atoms with Crippen LogP contribution in [0.1, 0.15) is 30.0 Å². The van der Waals surface area contributed by atoms with Gasteiger partial charge in [0.2, 0.25) is 5.91 Å². The number of amides is 2. The van der Waals surface area contributed by atoms with Crippen LogP contribution >= 0.6 is 11.5 Å². The van der Waals surface area contributed by atoms with E-state index in [-0.39, 0.29) is 29.7 Å². The Balaban J connectivity index is 1.39. The average molecular weight is 448 g/mol. The van der Waals surface area contributed by atoms with Crippen molar-refractivity contribution in [3.05, 3.63) is 46.7 Å². The number of carbonyl (C=O) groups excluding carboxylic acids is 2. The van der Waals surface area contributed by atoms with E-state index in [9.17, 15) is 14.0 Å². The Morgan fingerprint density at radius 3 is 2.45 bits per heavy atom. The number of carbonyl (C=O) groups is 2. The minimum absolute atomic E-state index is 0.0359. The quantitative estimate of drug-likeness (QED) is 0.699. The highest BCUT2D eigenvalue weighted by atomic mass is 32.1. The number of halogens is 1. The fourth-order valence-corrected chi connectivity index (χ4v) is 4.80. The van der Waals surface area contributed by atoms with E-state index in [2.05, 4.69) is 14.5 Å². The fraction of sp³-hybridized carbons (Fsp3) is 0.524. The van der Waals surface area contributed by atoms with Crippen molar-refractivity contribution in [2.75, 3.05) is 52.4 Å². The van der Waals surface area contributed by atoms with Gasteiger partial charge >= 0.3 is 6.09 Å². The number of nitrogens with zero attached hydrogens (tertiary/aromatic N) is 5. The highest BCUT2D eigenvalue weighted by Gasteiger charge is 2.39. The summed E-state index contributed by atoms with van der Waals surface area (Å²) in [4.78, 5) is 30.5. The first-order valence-corrected chi connectivity index (χ1v) is 11.3. The number of piperazine rings is 1. The number of benzene rings is 1. The molecule has 0 N–H and O–H groups in total. The van der Waals surface area contributed by atoms with Gasteiger partial charge < -0.3 is 14.5 Å². The summed E-state index contributed by atoms with van der Waals surface area (Å²) in [5.41, 5.74) is 1.87. The molecule has 2 amide bonds. The van der Waals surface area contributed by atoms with E-state index < -0.39 is 0 Å². The van der Waals surface area contributed by atoms with Crippen LogP contribution in [0.3, 0.4) is 0 Å². The molecule has 8 nitrogen and oxygen atoms in total. The third-order valence-corrected chi connectivity index (χ3v) is 6.51. The predicted molar refractivity (Wildman–Crippen MR) is 113 cm³/mol. The van der Waals surface area contributed by atoms with Gasteiger partial charge in [-0.3, -0.25) is 9.69 Å². The monoisotopic (exact) mass is 447 g/mol. The Bertz CT molecular complexity index is 887. The van der Waals surface area contributed by atoms with Gasteiger partial charge in [-0.1, -0.05) is 16.6 Å². The van der Waals surface area contributed by atoms with Crippen molar-refractivity contribution in [2.45, 2.75) is 18.8 Å². The van der Waals surface area contributed by atoms with Crippen LogP contribution in [0.4, 0.5) is 9.18 Å². The van der Waals surface area contributed by atoms with Crippen LogP contribution in [0.15, 0.2) is 29.6 Å². The van der Waals surface area contributed by atoms with Crippen molar-refractivity contribution >= 4 is 23.5 Å². The summed E-state index contributed by atoms with van der Waals surface area (Å²) in [7, 11) is 0. The standard InChI is InChI=1S/C21H26FN5O3S/c1-2-30-21(29)26-9-7-25(8-10-26)13-20(28)27-11-17(15-3-5-16(22)6-4-15)18(12-27)19-14-31-24-23-19/h3-6,14,17-18H,2,7-13H2,1H3/t17-,18+/m0/s1. The van der Waals surface area contributed by atoms with Crippen molar-refractivity contribution < 1.29 is 18.7 Å². The molecule has 2 aliphatic rings. The third-order valence-electron chi connectivity index (χ3n) is 5.98. The van der Waals surface area contributed by atoms with E-state index in [0.717, 1.165) is 11.3 Å². The van der Waals surface area contributed by atoms with Crippen molar-refractivity contribution in [2.24, 2.45) is 0 Å². The number of hydrogen-bond donors (Lipinski definition) is 0. The molecule has 10 heteroatoms. The van der Waals surface area contributed by atoms with Crippen molar-refractivity contribution in [1.29, 1.82) is 0 Å². The molecule has 31 heavy (non-hydrogen) atoms. The van der Waals surface area contributed by atoms with Gasteiger partial charge in [0, 0.05) is 56.5 Å². The lowest BCUT2D eigenvalue weighted by Crippen LogP contribution is -2.51. The molecule has 0 saturated carbocycles. The van der Waals surface area contributed by atoms with E-state index >= 15 is 0 Å². The first-order chi connectivity index (χ1) is 15.0. The summed E-state index contributed by atoms with van der Waals surface area (Å²) in [6.07, 6.45) is -0.296. The van der Waals surface area contributed by atoms with Crippen LogP contribution < -0.4 is 0 Å². The Labute approximate surface area is 184 Å². The van der Waals surface area contributed by atoms with Crippen molar-refractivity contribution in [3.8, 4) is 0 Å². The molecule has 4 rings (SSSR count). The average Bonchev–Trinajstić information content (AvgIpc) is 3.45. The molecule has 2 fully saturated rings. The first kappa shape index (κ1) is 21.6. The van der Waals surface area contributed by atoms with Gasteiger partial charge in [0.25, 0.3) is 0 Å². The predicted octanol–water partition coefficient (Wildman–Crippen LogP) is 2.16. The summed E-state index contributed by atoms with van der Waals surface area (Å²) in [6.45, 7) is 5.97. The molecule has 166 valence electrons. The lowest BCUT2D eigenvalue weighted by Gasteiger charge is -2.34. The molecule has 1 aromatic heterocycles. The zero-order chi connectivity index (χ0) is 21.8. The maximum atomic E-state index is 13.4. The largest absolute Gasteiger partial charge is 0.450 e. The van der Waals surface area contributed by atoms with Crippen LogP contribution in [0, 0.1) is 5.82 Å². The molecular weight excluding hydrogens is 421 g/mol. The van der Waals surface area contributed by atoms with Crippen molar-refractivity contribution in [3.63, 3.8) is 0 Å². The minimum Gasteiger partial charge on any atom is -0.450 e. The molecule has 2 saturated heterocycles. The number of ether oxygens (including phenoxy) is 1. The Hall–Kier alpha value is -2.59. The van der Waals surface area contributed by atoms with Crippen LogP contribution in [-0.4, -0.2) is 88.7 Å². The number of likely N-dealkylation sites (tertiary alicyclic amines) is 1. The van der Waals surface area contributed by atoms with Gasteiger partial charge in [-0.05, 0) is 36.2 Å². The topological polar surface area (TPSA) is 78.9 Å². The smallest absolute Gasteiger partial charge is 0.409 e. The normalized spacial score (nSPS) is 22.0. The van der Waals surface area contributed by atoms with Gasteiger partial charge in [0.05, 0.1) is 18.8 Å². The lowest BCUT2D eigenvalue weighted by molar-refractivity contribution is -0.131. The summed E-state index contributed by atoms with van der Waals surface area (Å²) < 4.78 is 22.4. The lowest BCUT2D eigenvalue weighted by atomic mass is 9.87. The Morgan fingerprint density at radius 1 is 1.10 bits per heavy atom. The fourth-order valence-electron chi connectivity index (χ4n) is 4.28. The Kier molecular flexibility index (Phi) is 6.77. The molecule has 2 aromatic rings. The highest BCUT2D eigenvalue weighted by Crippen LogP contribution is 2.39. The van der Waals surface area contributed by atoms with Gasteiger partial charge in [0.1, 0.15) is 5.82 Å². The van der Waals surface area contributed by atoms with Crippen LogP contribution in [0.2, 0.25) is 0 Å². The molecule has 0 bridgehead atoms. The number of rotatable bonds is 5. The molecular formula is C21H26FN5O3S. The van der Waals surface area contributed by atoms with E-state index in [1.807, 2.05) is 10.3 Å². The highest BCUT2D eigenvalue weighted by molar-refractivity contribution is 7.03. The molecule has 0 aliphatic carbocycles. The van der Waals surface area contributed by atoms with E-state index in [1.54, 1.807) is 24.0 Å². The summed E-state index contributed by atoms with van der Waals surface area (Å²) in [6, 6.07) is 6.49. The zero-order valence-electron chi connectivity index (χ0n) is 17.4. The van der Waals surface area contributed by atoms with E-state index in [0.29, 0.717) is 52.4 Å². The SMILES string of the molecule is CCOC(=O)N1CCN(CC(=O)N2C[C@@H](c3ccc(F)cc3)[C@H](c3csnn3)C2)CC1. The van der Waals surface area contributed by atoms with Gasteiger partial charge in [-0.25, -0.2) is 9.18 Å². The molecule has 2 aliphatic heterocycles. The van der Waals surface area contributed by atoms with E-state index in [4.69, 9.17) is 4.74 Å². The summed E-state index contributed by atoms with van der Waals surface area (Å²) in [5, 5.41) is 6.16. The Morgan fingerprint density at radius 2 is 1.81 bits per heavy atom. The third kappa shape index (κ3) is 5.01. The maximum Gasteiger partial charge on any atom is 0.409 e. The molecule has 3 heterocycles. The number of hydrogen-bond acceptors (Lipinski definition) is 7. The molecule has 0 spiro atoms. The molecule has 0 radical (unpaired) electrons. The van der Waals surface area contributed by atoms with Crippen molar-refractivity contribution in [1.82, 2.24) is 24.3 Å². The van der Waals surface area contributed by atoms with Gasteiger partial charge in [-0.15, -0.1) is 5.10 Å². The molecule has 1 aromatic carbocycles. The minimum atomic E-state index is -0.296. The summed E-state index contributed by atoms with van der Waals surface area (Å²) in [5.74, 6) is -0.131. The van der Waals surface area contributed by atoms with Crippen LogP contribution in [-0.2, 0) is 9.53 Å².